The predicted octanol–water partition coefficient (Wildman–Crippen LogP) is 2.19. The monoisotopic (exact) mass is 346 g/mol. The van der Waals surface area contributed by atoms with Gasteiger partial charge in [0.05, 0.1) is 42.5 Å². The fourth-order valence-electron chi connectivity index (χ4n) is 2.82. The molecule has 0 saturated carbocycles. The zero-order chi connectivity index (χ0) is 18.3. The van der Waals surface area contributed by atoms with Gasteiger partial charge >= 0.3 is 0 Å². The molecule has 7 nitrogen and oxygen atoms in total. The summed E-state index contributed by atoms with van der Waals surface area (Å²) in [4.78, 5) is 0. The smallest absolute Gasteiger partial charge is 0.146 e. The number of hydrogen-bond donors (Lipinski definition) is 0. The number of nitrogens with zero attached hydrogens (tertiary/aromatic N) is 6. The molecule has 4 aromatic heterocycles. The van der Waals surface area contributed by atoms with E-state index in [1.165, 1.54) is 0 Å². The summed E-state index contributed by atoms with van der Waals surface area (Å²) in [6.45, 7) is 1.99. The van der Waals surface area contributed by atoms with Crippen LogP contribution >= 0.6 is 0 Å². The largest absolute Gasteiger partial charge is 0.494 e. The van der Waals surface area contributed by atoms with E-state index in [0.717, 1.165) is 39.2 Å². The van der Waals surface area contributed by atoms with Gasteiger partial charge in [0.2, 0.25) is 0 Å². The van der Waals surface area contributed by atoms with E-state index >= 15 is 0 Å². The van der Waals surface area contributed by atoms with Gasteiger partial charge < -0.3 is 4.74 Å². The molecule has 0 unspecified atom stereocenters. The molecule has 130 valence electrons. The van der Waals surface area contributed by atoms with Crippen molar-refractivity contribution in [2.45, 2.75) is 6.92 Å². The molecule has 0 fully saturated rings. The molecule has 0 aliphatic heterocycles. The highest BCUT2D eigenvalue weighted by molar-refractivity contribution is 5.75. The van der Waals surface area contributed by atoms with Crippen molar-refractivity contribution in [2.24, 2.45) is 14.1 Å². The Morgan fingerprint density at radius 1 is 0.923 bits per heavy atom. The summed E-state index contributed by atoms with van der Waals surface area (Å²) in [5, 5.41) is 12.9. The standard InChI is InChI=1S/C19H18N6O/c1-13-14(8-21-24(13)3)5-6-15-9-22-25-12-16(7-18(26-4)19(15)25)17-10-20-23(2)11-17/h7-12H,1-4H3. The highest BCUT2D eigenvalue weighted by Crippen LogP contribution is 2.29. The lowest BCUT2D eigenvalue weighted by Gasteiger charge is -2.06. The zero-order valence-corrected chi connectivity index (χ0v) is 15.1. The van der Waals surface area contributed by atoms with Crippen LogP contribution in [-0.4, -0.2) is 36.3 Å². The summed E-state index contributed by atoms with van der Waals surface area (Å²) >= 11 is 0. The predicted molar refractivity (Wildman–Crippen MR) is 97.9 cm³/mol. The number of aryl methyl sites for hydroxylation is 2. The van der Waals surface area contributed by atoms with Crippen LogP contribution in [0.5, 0.6) is 5.75 Å². The van der Waals surface area contributed by atoms with E-state index in [1.807, 2.05) is 45.7 Å². The molecule has 26 heavy (non-hydrogen) atoms. The Morgan fingerprint density at radius 3 is 2.35 bits per heavy atom. The lowest BCUT2D eigenvalue weighted by molar-refractivity contribution is 0.417. The molecule has 0 radical (unpaired) electrons. The van der Waals surface area contributed by atoms with Gasteiger partial charge in [-0.25, -0.2) is 4.52 Å². The van der Waals surface area contributed by atoms with Gasteiger partial charge in [-0.2, -0.15) is 15.3 Å². The van der Waals surface area contributed by atoms with Gasteiger partial charge in [-0.3, -0.25) is 9.36 Å². The van der Waals surface area contributed by atoms with E-state index in [0.29, 0.717) is 0 Å². The molecule has 0 bridgehead atoms. The maximum Gasteiger partial charge on any atom is 0.146 e. The fraction of sp³-hybridized carbons (Fsp3) is 0.211. The molecule has 0 aliphatic carbocycles. The molecule has 0 spiro atoms. The highest BCUT2D eigenvalue weighted by atomic mass is 16.5. The van der Waals surface area contributed by atoms with Gasteiger partial charge in [0, 0.05) is 37.6 Å². The van der Waals surface area contributed by atoms with Crippen LogP contribution in [-0.2, 0) is 14.1 Å². The number of fused-ring (bicyclic) bond motifs is 1. The van der Waals surface area contributed by atoms with Gasteiger partial charge in [0.15, 0.2) is 0 Å². The Kier molecular flexibility index (Phi) is 3.73. The summed E-state index contributed by atoms with van der Waals surface area (Å²) < 4.78 is 11.0. The number of hydrogen-bond acceptors (Lipinski definition) is 4. The molecule has 0 N–H and O–H groups in total. The number of methoxy groups -OCH3 is 1. The SMILES string of the molecule is COc1cc(-c2cnn(C)c2)cn2ncc(C#Cc3cnn(C)c3C)c12. The minimum atomic E-state index is 0.719. The Morgan fingerprint density at radius 2 is 1.69 bits per heavy atom. The van der Waals surface area contributed by atoms with E-state index in [2.05, 4.69) is 27.1 Å². The molecule has 4 aromatic rings. The quantitative estimate of drug-likeness (QED) is 0.522. The first-order chi connectivity index (χ1) is 12.6. The molecule has 4 heterocycles. The van der Waals surface area contributed by atoms with E-state index in [-0.39, 0.29) is 0 Å². The molecule has 0 saturated heterocycles. The van der Waals surface area contributed by atoms with Crippen molar-refractivity contribution in [1.82, 2.24) is 29.2 Å². The first-order valence-corrected chi connectivity index (χ1v) is 8.12. The number of pyridine rings is 1. The van der Waals surface area contributed by atoms with Crippen LogP contribution in [0.4, 0.5) is 0 Å². The second-order valence-corrected chi connectivity index (χ2v) is 6.07. The lowest BCUT2D eigenvalue weighted by atomic mass is 10.1. The van der Waals surface area contributed by atoms with Crippen molar-refractivity contribution in [2.75, 3.05) is 7.11 Å². The van der Waals surface area contributed by atoms with Crippen molar-refractivity contribution >= 4 is 5.52 Å². The first-order valence-electron chi connectivity index (χ1n) is 8.12. The van der Waals surface area contributed by atoms with E-state index in [1.54, 1.807) is 33.4 Å². The summed E-state index contributed by atoms with van der Waals surface area (Å²) in [5.41, 5.74) is 5.56. The van der Waals surface area contributed by atoms with Gasteiger partial charge in [0.25, 0.3) is 0 Å². The summed E-state index contributed by atoms with van der Waals surface area (Å²) in [6.07, 6.45) is 9.25. The Labute approximate surface area is 150 Å². The molecular formula is C19H18N6O. The van der Waals surface area contributed by atoms with Crippen LogP contribution in [0.3, 0.4) is 0 Å². The normalized spacial score (nSPS) is 10.8. The molecular weight excluding hydrogens is 328 g/mol. The highest BCUT2D eigenvalue weighted by Gasteiger charge is 2.12. The van der Waals surface area contributed by atoms with E-state index < -0.39 is 0 Å². The molecule has 0 amide bonds. The van der Waals surface area contributed by atoms with Crippen LogP contribution in [0.15, 0.2) is 37.1 Å². The zero-order valence-electron chi connectivity index (χ0n) is 15.1. The third-order valence-electron chi connectivity index (χ3n) is 4.40. The molecule has 0 atom stereocenters. The number of ether oxygens (including phenoxy) is 1. The Bertz CT molecular complexity index is 1170. The number of aromatic nitrogens is 6. The minimum Gasteiger partial charge on any atom is -0.494 e. The van der Waals surface area contributed by atoms with Crippen molar-refractivity contribution in [3.05, 3.63) is 53.9 Å². The third-order valence-corrected chi connectivity index (χ3v) is 4.40. The van der Waals surface area contributed by atoms with Crippen LogP contribution < -0.4 is 4.74 Å². The average molecular weight is 346 g/mol. The Balaban J connectivity index is 1.82. The Hall–Kier alpha value is -3.53. The van der Waals surface area contributed by atoms with Crippen molar-refractivity contribution in [3.63, 3.8) is 0 Å². The second-order valence-electron chi connectivity index (χ2n) is 6.07. The first kappa shape index (κ1) is 16.0. The average Bonchev–Trinajstić information content (AvgIpc) is 3.33. The molecule has 7 heteroatoms. The molecule has 4 rings (SSSR count). The minimum absolute atomic E-state index is 0.719. The lowest BCUT2D eigenvalue weighted by Crippen LogP contribution is -1.94. The van der Waals surface area contributed by atoms with Crippen LogP contribution in [0.1, 0.15) is 16.8 Å². The molecule has 0 aromatic carbocycles. The van der Waals surface area contributed by atoms with E-state index in [9.17, 15) is 0 Å². The van der Waals surface area contributed by atoms with E-state index in [4.69, 9.17) is 4.74 Å². The summed E-state index contributed by atoms with van der Waals surface area (Å²) in [6, 6.07) is 1.98. The van der Waals surface area contributed by atoms with Crippen LogP contribution in [0.2, 0.25) is 0 Å². The second kappa shape index (κ2) is 6.08. The van der Waals surface area contributed by atoms with Crippen molar-refractivity contribution in [3.8, 4) is 28.7 Å². The van der Waals surface area contributed by atoms with Gasteiger partial charge in [-0.15, -0.1) is 0 Å². The third kappa shape index (κ3) is 2.62. The maximum absolute atomic E-state index is 5.60. The van der Waals surface area contributed by atoms with Gasteiger partial charge in [-0.1, -0.05) is 11.8 Å². The fourth-order valence-corrected chi connectivity index (χ4v) is 2.82. The number of rotatable bonds is 2. The van der Waals surface area contributed by atoms with Gasteiger partial charge in [0.1, 0.15) is 11.3 Å². The van der Waals surface area contributed by atoms with Crippen molar-refractivity contribution < 1.29 is 4.74 Å². The summed E-state index contributed by atoms with van der Waals surface area (Å²) in [5.74, 6) is 7.09. The van der Waals surface area contributed by atoms with Gasteiger partial charge in [-0.05, 0) is 13.0 Å². The topological polar surface area (TPSA) is 62.2 Å². The summed E-state index contributed by atoms with van der Waals surface area (Å²) in [7, 11) is 5.44. The molecule has 0 aliphatic rings. The van der Waals surface area contributed by atoms with Crippen LogP contribution in [0.25, 0.3) is 16.6 Å². The van der Waals surface area contributed by atoms with Crippen molar-refractivity contribution in [1.29, 1.82) is 0 Å². The van der Waals surface area contributed by atoms with Crippen LogP contribution in [0, 0.1) is 18.8 Å². The maximum atomic E-state index is 5.60.